The highest BCUT2D eigenvalue weighted by Crippen LogP contribution is 2.27. The van der Waals surface area contributed by atoms with Gasteiger partial charge in [0.2, 0.25) is 0 Å². The van der Waals surface area contributed by atoms with Crippen LogP contribution >= 0.6 is 34.8 Å². The fourth-order valence-electron chi connectivity index (χ4n) is 1.56. The van der Waals surface area contributed by atoms with Gasteiger partial charge in [0.25, 0.3) is 0 Å². The van der Waals surface area contributed by atoms with E-state index >= 15 is 0 Å². The van der Waals surface area contributed by atoms with Gasteiger partial charge in [0.15, 0.2) is 11.6 Å². The molecule has 0 bridgehead atoms. The largest absolute Gasteiger partial charge is 0.486 e. The standard InChI is InChI=1S/C14H10Cl3FO/c15-7-9-4-5-14(13(18)6-9)19-8-10-11(16)2-1-3-12(10)17/h1-6H,7-8H2. The lowest BCUT2D eigenvalue weighted by atomic mass is 10.2. The minimum Gasteiger partial charge on any atom is -0.486 e. The van der Waals surface area contributed by atoms with Crippen molar-refractivity contribution in [3.05, 3.63) is 63.4 Å². The van der Waals surface area contributed by atoms with Crippen LogP contribution in [0.1, 0.15) is 11.1 Å². The summed E-state index contributed by atoms with van der Waals surface area (Å²) in [5.74, 6) is -0.0562. The second kappa shape index (κ2) is 6.47. The third-order valence-corrected chi connectivity index (χ3v) is 3.60. The molecule has 0 aliphatic heterocycles. The van der Waals surface area contributed by atoms with Gasteiger partial charge < -0.3 is 4.74 Å². The summed E-state index contributed by atoms with van der Waals surface area (Å²) in [6.07, 6.45) is 0. The van der Waals surface area contributed by atoms with Crippen molar-refractivity contribution in [3.8, 4) is 5.75 Å². The molecule has 19 heavy (non-hydrogen) atoms. The zero-order chi connectivity index (χ0) is 13.8. The van der Waals surface area contributed by atoms with Gasteiger partial charge in [-0.2, -0.15) is 0 Å². The third-order valence-electron chi connectivity index (χ3n) is 2.58. The first-order valence-electron chi connectivity index (χ1n) is 5.52. The Morgan fingerprint density at radius 3 is 2.32 bits per heavy atom. The van der Waals surface area contributed by atoms with E-state index in [9.17, 15) is 4.39 Å². The zero-order valence-electron chi connectivity index (χ0n) is 9.80. The molecular formula is C14H10Cl3FO. The predicted octanol–water partition coefficient (Wildman–Crippen LogP) is 5.45. The summed E-state index contributed by atoms with van der Waals surface area (Å²) in [5, 5.41) is 0.982. The minimum atomic E-state index is -0.457. The number of ether oxygens (including phenoxy) is 1. The Balaban J connectivity index is 2.15. The maximum atomic E-state index is 13.7. The average Bonchev–Trinajstić information content (AvgIpc) is 2.39. The molecule has 0 amide bonds. The molecular weight excluding hydrogens is 310 g/mol. The molecule has 0 aliphatic rings. The summed E-state index contributed by atoms with van der Waals surface area (Å²) >= 11 is 17.6. The molecule has 2 rings (SSSR count). The molecule has 0 radical (unpaired) electrons. The summed E-state index contributed by atoms with van der Waals surface area (Å²) in [5.41, 5.74) is 1.33. The molecule has 0 spiro atoms. The van der Waals surface area contributed by atoms with Crippen LogP contribution in [0.15, 0.2) is 36.4 Å². The van der Waals surface area contributed by atoms with Crippen molar-refractivity contribution in [1.29, 1.82) is 0 Å². The molecule has 0 saturated carbocycles. The van der Waals surface area contributed by atoms with Crippen LogP contribution < -0.4 is 4.74 Å². The van der Waals surface area contributed by atoms with Crippen LogP contribution in [0, 0.1) is 5.82 Å². The molecule has 0 N–H and O–H groups in total. The van der Waals surface area contributed by atoms with Crippen molar-refractivity contribution in [3.63, 3.8) is 0 Å². The van der Waals surface area contributed by atoms with Gasteiger partial charge in [-0.25, -0.2) is 4.39 Å². The summed E-state index contributed by atoms with van der Waals surface area (Å²) in [7, 11) is 0. The van der Waals surface area contributed by atoms with Crippen molar-refractivity contribution < 1.29 is 9.13 Å². The molecule has 0 saturated heterocycles. The van der Waals surface area contributed by atoms with E-state index in [1.54, 1.807) is 24.3 Å². The fraction of sp³-hybridized carbons (Fsp3) is 0.143. The minimum absolute atomic E-state index is 0.107. The molecule has 0 fully saturated rings. The van der Waals surface area contributed by atoms with E-state index in [1.165, 1.54) is 12.1 Å². The Hall–Kier alpha value is -0.960. The Labute approximate surface area is 125 Å². The first-order chi connectivity index (χ1) is 9.11. The summed E-state index contributed by atoms with van der Waals surface area (Å²) in [4.78, 5) is 0. The van der Waals surface area contributed by atoms with Crippen molar-refractivity contribution >= 4 is 34.8 Å². The lowest BCUT2D eigenvalue weighted by Gasteiger charge is -2.10. The average molecular weight is 320 g/mol. The lowest BCUT2D eigenvalue weighted by Crippen LogP contribution is -1.99. The first kappa shape index (κ1) is 14.4. The van der Waals surface area contributed by atoms with E-state index in [4.69, 9.17) is 39.5 Å². The Bertz CT molecular complexity index is 567. The summed E-state index contributed by atoms with van der Waals surface area (Å²) < 4.78 is 19.1. The number of halogens is 4. The Morgan fingerprint density at radius 2 is 1.74 bits per heavy atom. The Kier molecular flexibility index (Phi) is 4.92. The van der Waals surface area contributed by atoms with E-state index in [0.717, 1.165) is 0 Å². The third kappa shape index (κ3) is 3.53. The van der Waals surface area contributed by atoms with Gasteiger partial charge in [0, 0.05) is 21.5 Å². The molecule has 0 atom stereocenters. The number of alkyl halides is 1. The maximum Gasteiger partial charge on any atom is 0.165 e. The van der Waals surface area contributed by atoms with Crippen molar-refractivity contribution in [2.75, 3.05) is 0 Å². The predicted molar refractivity (Wildman–Crippen MR) is 76.8 cm³/mol. The van der Waals surface area contributed by atoms with E-state index in [1.807, 2.05) is 0 Å². The van der Waals surface area contributed by atoms with Crippen LogP contribution in [-0.4, -0.2) is 0 Å². The monoisotopic (exact) mass is 318 g/mol. The van der Waals surface area contributed by atoms with Crippen molar-refractivity contribution in [2.45, 2.75) is 12.5 Å². The van der Waals surface area contributed by atoms with Crippen LogP contribution in [0.3, 0.4) is 0 Å². The van der Waals surface area contributed by atoms with E-state index in [-0.39, 0.29) is 18.2 Å². The van der Waals surface area contributed by atoms with Crippen molar-refractivity contribution in [2.24, 2.45) is 0 Å². The quantitative estimate of drug-likeness (QED) is 0.681. The normalized spacial score (nSPS) is 10.5. The van der Waals surface area contributed by atoms with Crippen LogP contribution in [0.25, 0.3) is 0 Å². The second-order valence-corrected chi connectivity index (χ2v) is 4.97. The number of benzene rings is 2. The van der Waals surface area contributed by atoms with Gasteiger partial charge in [0.1, 0.15) is 6.61 Å². The molecule has 2 aromatic carbocycles. The van der Waals surface area contributed by atoms with Crippen LogP contribution in [0.2, 0.25) is 10.0 Å². The number of hydrogen-bond acceptors (Lipinski definition) is 1. The zero-order valence-corrected chi connectivity index (χ0v) is 12.1. The lowest BCUT2D eigenvalue weighted by molar-refractivity contribution is 0.290. The maximum absolute atomic E-state index is 13.7. The molecule has 5 heteroatoms. The highest BCUT2D eigenvalue weighted by molar-refractivity contribution is 6.35. The smallest absolute Gasteiger partial charge is 0.165 e. The van der Waals surface area contributed by atoms with Gasteiger partial charge in [-0.1, -0.05) is 35.3 Å². The summed E-state index contributed by atoms with van der Waals surface area (Å²) in [6.45, 7) is 0.107. The molecule has 0 heterocycles. The van der Waals surface area contributed by atoms with Crippen LogP contribution in [0.5, 0.6) is 5.75 Å². The molecule has 100 valence electrons. The molecule has 0 aromatic heterocycles. The topological polar surface area (TPSA) is 9.23 Å². The van der Waals surface area contributed by atoms with E-state index in [2.05, 4.69) is 0 Å². The first-order valence-corrected chi connectivity index (χ1v) is 6.81. The van der Waals surface area contributed by atoms with Crippen molar-refractivity contribution in [1.82, 2.24) is 0 Å². The van der Waals surface area contributed by atoms with E-state index < -0.39 is 5.82 Å². The van der Waals surface area contributed by atoms with Crippen LogP contribution in [-0.2, 0) is 12.5 Å². The number of rotatable bonds is 4. The van der Waals surface area contributed by atoms with E-state index in [0.29, 0.717) is 21.2 Å². The van der Waals surface area contributed by atoms with Gasteiger partial charge in [-0.15, -0.1) is 11.6 Å². The van der Waals surface area contributed by atoms with Gasteiger partial charge >= 0.3 is 0 Å². The fourth-order valence-corrected chi connectivity index (χ4v) is 2.24. The molecule has 0 unspecified atom stereocenters. The molecule has 1 nitrogen and oxygen atoms in total. The van der Waals surface area contributed by atoms with Gasteiger partial charge in [-0.3, -0.25) is 0 Å². The van der Waals surface area contributed by atoms with Gasteiger partial charge in [-0.05, 0) is 29.8 Å². The molecule has 0 aliphatic carbocycles. The highest BCUT2D eigenvalue weighted by Gasteiger charge is 2.09. The highest BCUT2D eigenvalue weighted by atomic mass is 35.5. The number of hydrogen-bond donors (Lipinski definition) is 0. The van der Waals surface area contributed by atoms with Gasteiger partial charge in [0.05, 0.1) is 0 Å². The molecule has 2 aromatic rings. The van der Waals surface area contributed by atoms with Crippen LogP contribution in [0.4, 0.5) is 4.39 Å². The SMILES string of the molecule is Fc1cc(CCl)ccc1OCc1c(Cl)cccc1Cl. The second-order valence-electron chi connectivity index (χ2n) is 3.89. The Morgan fingerprint density at radius 1 is 1.05 bits per heavy atom. The summed E-state index contributed by atoms with van der Waals surface area (Å²) in [6, 6.07) is 9.75.